The van der Waals surface area contributed by atoms with Crippen LogP contribution in [0.3, 0.4) is 0 Å². The molecule has 2 aromatic rings. The fourth-order valence-corrected chi connectivity index (χ4v) is 4.25. The van der Waals surface area contributed by atoms with Gasteiger partial charge in [-0.3, -0.25) is 4.79 Å². The number of sulfonamides is 1. The second-order valence-corrected chi connectivity index (χ2v) is 7.75. The van der Waals surface area contributed by atoms with E-state index < -0.39 is 15.9 Å². The number of amides is 1. The quantitative estimate of drug-likeness (QED) is 0.839. The second-order valence-electron chi connectivity index (χ2n) is 6.13. The summed E-state index contributed by atoms with van der Waals surface area (Å²) in [6.45, 7) is 7.13. The molecule has 0 unspecified atom stereocenters. The molecule has 0 heterocycles. The van der Waals surface area contributed by atoms with E-state index in [1.165, 1.54) is 6.08 Å². The molecule has 0 aliphatic rings. The number of rotatable bonds is 4. The number of carbonyl (C=O) groups is 1. The lowest BCUT2D eigenvalue weighted by molar-refractivity contribution is -0.114. The van der Waals surface area contributed by atoms with Gasteiger partial charge < -0.3 is 0 Å². The average Bonchev–Trinajstić information content (AvgIpc) is 2.58. The molecule has 1 N–H and O–H groups in total. The van der Waals surface area contributed by atoms with Gasteiger partial charge in [0.05, 0.1) is 16.5 Å². The number of nitrogens with zero attached hydrogens (tertiary/aromatic N) is 1. The summed E-state index contributed by atoms with van der Waals surface area (Å²) in [6, 6.07) is 10.6. The van der Waals surface area contributed by atoms with Gasteiger partial charge in [-0.1, -0.05) is 18.2 Å². The summed E-state index contributed by atoms with van der Waals surface area (Å²) in [5.74, 6) is -0.745. The van der Waals surface area contributed by atoms with Gasteiger partial charge >= 0.3 is 0 Å². The van der Waals surface area contributed by atoms with Crippen LogP contribution in [0, 0.1) is 39.0 Å². The van der Waals surface area contributed by atoms with Gasteiger partial charge in [0.2, 0.25) is 0 Å². The van der Waals surface area contributed by atoms with Gasteiger partial charge in [0.1, 0.15) is 0 Å². The molecule has 2 aromatic carbocycles. The molecule has 0 fully saturated rings. The first-order valence-electron chi connectivity index (χ1n) is 7.98. The molecule has 5 nitrogen and oxygen atoms in total. The van der Waals surface area contributed by atoms with Crippen molar-refractivity contribution in [1.82, 2.24) is 4.72 Å². The highest BCUT2D eigenvalue weighted by Gasteiger charge is 2.23. The average molecular weight is 368 g/mol. The predicted molar refractivity (Wildman–Crippen MR) is 101 cm³/mol. The minimum atomic E-state index is -3.99. The van der Waals surface area contributed by atoms with E-state index in [4.69, 9.17) is 5.26 Å². The molecule has 6 heteroatoms. The van der Waals surface area contributed by atoms with Crippen molar-refractivity contribution in [2.45, 2.75) is 32.6 Å². The number of aryl methyl sites for hydroxylation is 2. The van der Waals surface area contributed by atoms with E-state index in [9.17, 15) is 13.2 Å². The van der Waals surface area contributed by atoms with Crippen molar-refractivity contribution >= 4 is 22.0 Å². The highest BCUT2D eigenvalue weighted by molar-refractivity contribution is 7.90. The van der Waals surface area contributed by atoms with Gasteiger partial charge in [-0.05, 0) is 73.7 Å². The third kappa shape index (κ3) is 4.19. The van der Waals surface area contributed by atoms with E-state index in [-0.39, 0.29) is 4.90 Å². The molecule has 0 radical (unpaired) electrons. The Morgan fingerprint density at radius 3 is 2.27 bits per heavy atom. The van der Waals surface area contributed by atoms with Gasteiger partial charge in [-0.2, -0.15) is 5.26 Å². The Balaban J connectivity index is 2.29. The van der Waals surface area contributed by atoms with E-state index in [2.05, 4.69) is 4.72 Å². The van der Waals surface area contributed by atoms with Gasteiger partial charge in [0.25, 0.3) is 15.9 Å². The monoisotopic (exact) mass is 368 g/mol. The van der Waals surface area contributed by atoms with Crippen molar-refractivity contribution in [2.24, 2.45) is 0 Å². The summed E-state index contributed by atoms with van der Waals surface area (Å²) in [5, 5.41) is 8.88. The fraction of sp³-hybridized carbons (Fsp3) is 0.200. The molecular formula is C20H20N2O3S. The van der Waals surface area contributed by atoms with Crippen LogP contribution in [0.25, 0.3) is 6.08 Å². The van der Waals surface area contributed by atoms with Crippen LogP contribution in [0.5, 0.6) is 0 Å². The van der Waals surface area contributed by atoms with Crippen LogP contribution in [0.1, 0.15) is 33.4 Å². The Kier molecular flexibility index (Phi) is 5.63. The Morgan fingerprint density at radius 1 is 1.08 bits per heavy atom. The molecule has 2 rings (SSSR count). The SMILES string of the molecule is Cc1cc(C)c(C)c(S(=O)(=O)NC(=O)/C=C/c2cccc(C#N)c2)c1C. The number of nitriles is 1. The molecule has 0 saturated carbocycles. The van der Waals surface area contributed by atoms with Crippen LogP contribution in [-0.2, 0) is 14.8 Å². The molecule has 0 saturated heterocycles. The normalized spacial score (nSPS) is 11.3. The van der Waals surface area contributed by atoms with Gasteiger partial charge in [-0.15, -0.1) is 0 Å². The predicted octanol–water partition coefficient (Wildman–Crippen LogP) is 3.31. The van der Waals surface area contributed by atoms with Crippen molar-refractivity contribution in [3.05, 3.63) is 69.8 Å². The first-order chi connectivity index (χ1) is 12.2. The van der Waals surface area contributed by atoms with E-state index in [1.807, 2.05) is 26.0 Å². The molecule has 0 aliphatic heterocycles. The standard InChI is InChI=1S/C20H20N2O3S/c1-13-10-14(2)16(4)20(15(13)3)26(24,25)22-19(23)9-8-17-6-5-7-18(11-17)12-21/h5-11H,1-4H3,(H,22,23)/b9-8+. The summed E-state index contributed by atoms with van der Waals surface area (Å²) < 4.78 is 27.5. The van der Waals surface area contributed by atoms with Crippen LogP contribution < -0.4 is 4.72 Å². The van der Waals surface area contributed by atoms with Crippen LogP contribution in [-0.4, -0.2) is 14.3 Å². The molecule has 134 valence electrons. The smallest absolute Gasteiger partial charge is 0.264 e. The van der Waals surface area contributed by atoms with Crippen molar-refractivity contribution in [2.75, 3.05) is 0 Å². The molecule has 0 aromatic heterocycles. The van der Waals surface area contributed by atoms with Crippen LogP contribution in [0.15, 0.2) is 41.3 Å². The van der Waals surface area contributed by atoms with E-state index in [0.29, 0.717) is 22.3 Å². The zero-order chi connectivity index (χ0) is 19.5. The van der Waals surface area contributed by atoms with Crippen molar-refractivity contribution in [3.63, 3.8) is 0 Å². The number of hydrogen-bond donors (Lipinski definition) is 1. The largest absolute Gasteiger partial charge is 0.269 e. The molecule has 1 amide bonds. The zero-order valence-corrected chi connectivity index (χ0v) is 15.9. The maximum Gasteiger partial charge on any atom is 0.264 e. The Bertz CT molecular complexity index is 1020. The minimum absolute atomic E-state index is 0.142. The van der Waals surface area contributed by atoms with Crippen LogP contribution >= 0.6 is 0 Å². The van der Waals surface area contributed by atoms with Crippen LogP contribution in [0.4, 0.5) is 0 Å². The Labute approximate surface area is 154 Å². The second kappa shape index (κ2) is 7.54. The summed E-state index contributed by atoms with van der Waals surface area (Å²) >= 11 is 0. The van der Waals surface area contributed by atoms with Gasteiger partial charge in [0.15, 0.2) is 0 Å². The summed E-state index contributed by atoms with van der Waals surface area (Å²) in [6.07, 6.45) is 2.61. The topological polar surface area (TPSA) is 87.0 Å². The van der Waals surface area contributed by atoms with Gasteiger partial charge in [-0.25, -0.2) is 13.1 Å². The Morgan fingerprint density at radius 2 is 1.69 bits per heavy atom. The van der Waals surface area contributed by atoms with E-state index >= 15 is 0 Å². The van der Waals surface area contributed by atoms with Crippen LogP contribution in [0.2, 0.25) is 0 Å². The number of nitrogens with one attached hydrogen (secondary N) is 1. The maximum atomic E-state index is 12.7. The minimum Gasteiger partial charge on any atom is -0.269 e. The first kappa shape index (κ1) is 19.4. The van der Waals surface area contributed by atoms with Crippen molar-refractivity contribution in [3.8, 4) is 6.07 Å². The third-order valence-corrected chi connectivity index (χ3v) is 5.86. The lowest BCUT2D eigenvalue weighted by atomic mass is 10.0. The number of benzene rings is 2. The molecular weight excluding hydrogens is 348 g/mol. The van der Waals surface area contributed by atoms with E-state index in [1.54, 1.807) is 38.1 Å². The highest BCUT2D eigenvalue weighted by Crippen LogP contribution is 2.25. The molecule has 0 bridgehead atoms. The third-order valence-electron chi connectivity index (χ3n) is 4.24. The first-order valence-corrected chi connectivity index (χ1v) is 9.46. The molecule has 0 spiro atoms. The zero-order valence-electron chi connectivity index (χ0n) is 15.1. The maximum absolute atomic E-state index is 12.7. The summed E-state index contributed by atoms with van der Waals surface area (Å²) in [7, 11) is -3.99. The lowest BCUT2D eigenvalue weighted by Gasteiger charge is -2.15. The summed E-state index contributed by atoms with van der Waals surface area (Å²) in [5.41, 5.74) is 4.05. The lowest BCUT2D eigenvalue weighted by Crippen LogP contribution is -2.30. The molecule has 0 atom stereocenters. The highest BCUT2D eigenvalue weighted by atomic mass is 32.2. The van der Waals surface area contributed by atoms with E-state index in [0.717, 1.165) is 17.2 Å². The Hall–Kier alpha value is -2.91. The number of carbonyl (C=O) groups excluding carboxylic acids is 1. The fourth-order valence-electron chi connectivity index (χ4n) is 2.69. The summed E-state index contributed by atoms with van der Waals surface area (Å²) in [4.78, 5) is 12.3. The van der Waals surface area contributed by atoms with Gasteiger partial charge in [0, 0.05) is 6.08 Å². The molecule has 26 heavy (non-hydrogen) atoms. The van der Waals surface area contributed by atoms with Crippen molar-refractivity contribution in [1.29, 1.82) is 5.26 Å². The van der Waals surface area contributed by atoms with Crippen molar-refractivity contribution < 1.29 is 13.2 Å². The number of hydrogen-bond acceptors (Lipinski definition) is 4. The molecule has 0 aliphatic carbocycles.